The van der Waals surface area contributed by atoms with Crippen LogP contribution in [0, 0.1) is 5.92 Å². The average Bonchev–Trinajstić information content (AvgIpc) is 3.26. The van der Waals surface area contributed by atoms with Gasteiger partial charge in [-0.25, -0.2) is 14.8 Å². The first kappa shape index (κ1) is 28.1. The number of hydrogen-bond donors (Lipinski definition) is 4. The van der Waals surface area contributed by atoms with Gasteiger partial charge in [0.2, 0.25) is 11.8 Å². The van der Waals surface area contributed by atoms with Gasteiger partial charge >= 0.3 is 6.09 Å². The first-order valence-corrected chi connectivity index (χ1v) is 12.2. The highest BCUT2D eigenvalue weighted by molar-refractivity contribution is 5.96. The number of hydrogen-bond acceptors (Lipinski definition) is 6. The molecular formula is C26H33N7O5. The lowest BCUT2D eigenvalue weighted by atomic mass is 10.1. The van der Waals surface area contributed by atoms with Crippen molar-refractivity contribution in [1.29, 1.82) is 0 Å². The number of rotatable bonds is 11. The molecule has 1 atom stereocenters. The molecule has 4 N–H and O–H groups in total. The summed E-state index contributed by atoms with van der Waals surface area (Å²) in [5.74, 6) is -0.479. The highest BCUT2D eigenvalue weighted by Gasteiger charge is 2.21. The Bertz CT molecular complexity index is 1390. The number of likely N-dealkylation sites (N-methyl/N-ethyl adjacent to an activating group) is 1. The van der Waals surface area contributed by atoms with Crippen molar-refractivity contribution in [3.05, 3.63) is 64.6 Å². The van der Waals surface area contributed by atoms with Crippen molar-refractivity contribution in [2.45, 2.75) is 45.7 Å². The number of allylic oxidation sites excluding steroid dienone is 1. The quantitative estimate of drug-likeness (QED) is 0.280. The molecule has 0 aliphatic heterocycles. The smallest absolute Gasteiger partial charge is 0.405 e. The van der Waals surface area contributed by atoms with Gasteiger partial charge in [0.15, 0.2) is 0 Å². The topological polar surface area (TPSA) is 162 Å². The Balaban J connectivity index is 1.74. The third kappa shape index (κ3) is 7.51. The van der Waals surface area contributed by atoms with Gasteiger partial charge in [-0.1, -0.05) is 19.9 Å². The van der Waals surface area contributed by atoms with E-state index in [-0.39, 0.29) is 31.0 Å². The molecule has 0 spiro atoms. The number of carbonyl (C=O) groups excluding carboxylic acids is 2. The van der Waals surface area contributed by atoms with Crippen molar-refractivity contribution in [3.8, 4) is 0 Å². The van der Waals surface area contributed by atoms with E-state index in [4.69, 9.17) is 5.11 Å². The first-order valence-electron chi connectivity index (χ1n) is 12.2. The van der Waals surface area contributed by atoms with Crippen LogP contribution in [0.3, 0.4) is 0 Å². The van der Waals surface area contributed by atoms with E-state index in [1.165, 1.54) is 27.9 Å². The number of fused-ring (bicyclic) bond motifs is 1. The van der Waals surface area contributed by atoms with E-state index in [0.717, 1.165) is 28.8 Å². The summed E-state index contributed by atoms with van der Waals surface area (Å²) in [6.07, 6.45) is 5.84. The van der Waals surface area contributed by atoms with Crippen LogP contribution in [0.1, 0.15) is 38.1 Å². The molecule has 38 heavy (non-hydrogen) atoms. The molecule has 0 aliphatic rings. The molecule has 3 amide bonds. The van der Waals surface area contributed by atoms with Crippen LogP contribution >= 0.6 is 0 Å². The molecule has 202 valence electrons. The molecule has 0 bridgehead atoms. The maximum Gasteiger partial charge on any atom is 0.405 e. The van der Waals surface area contributed by atoms with Gasteiger partial charge in [-0.3, -0.25) is 14.4 Å². The summed E-state index contributed by atoms with van der Waals surface area (Å²) in [6.45, 7) is 4.43. The molecule has 3 aromatic rings. The van der Waals surface area contributed by atoms with Gasteiger partial charge in [0.1, 0.15) is 18.1 Å². The van der Waals surface area contributed by atoms with Crippen LogP contribution in [0.15, 0.2) is 47.7 Å². The molecule has 0 aromatic carbocycles. The van der Waals surface area contributed by atoms with E-state index in [0.29, 0.717) is 5.92 Å². The SMILES string of the molecule is CC(C)Cc1ncnc2cc(Cn3cccc(NC(=O)[C@H](CC/C=C/C(=O)N(C)C)NC(=O)O)c3=O)[nH]c12. The van der Waals surface area contributed by atoms with Crippen LogP contribution in [-0.4, -0.2) is 67.6 Å². The second-order valence-corrected chi connectivity index (χ2v) is 9.53. The van der Waals surface area contributed by atoms with E-state index in [1.807, 2.05) is 6.07 Å². The first-order chi connectivity index (χ1) is 18.0. The van der Waals surface area contributed by atoms with Gasteiger partial charge in [0.25, 0.3) is 5.56 Å². The van der Waals surface area contributed by atoms with Gasteiger partial charge in [0.05, 0.1) is 23.3 Å². The van der Waals surface area contributed by atoms with Crippen LogP contribution in [0.25, 0.3) is 11.0 Å². The number of anilines is 1. The maximum absolute atomic E-state index is 13.1. The number of carbonyl (C=O) groups is 3. The lowest BCUT2D eigenvalue weighted by molar-refractivity contribution is -0.123. The molecular weight excluding hydrogens is 490 g/mol. The van der Waals surface area contributed by atoms with Gasteiger partial charge < -0.3 is 30.2 Å². The number of H-pyrrole nitrogens is 1. The van der Waals surface area contributed by atoms with Gasteiger partial charge in [-0.2, -0.15) is 0 Å². The summed E-state index contributed by atoms with van der Waals surface area (Å²) in [5.41, 5.74) is 2.82. The Morgan fingerprint density at radius 1 is 1.24 bits per heavy atom. The summed E-state index contributed by atoms with van der Waals surface area (Å²) in [6, 6.07) is 3.83. The van der Waals surface area contributed by atoms with Crippen LogP contribution < -0.4 is 16.2 Å². The van der Waals surface area contributed by atoms with E-state index in [1.54, 1.807) is 32.4 Å². The van der Waals surface area contributed by atoms with E-state index >= 15 is 0 Å². The van der Waals surface area contributed by atoms with Crippen LogP contribution in [0.4, 0.5) is 10.5 Å². The van der Waals surface area contributed by atoms with E-state index in [2.05, 4.69) is 39.4 Å². The third-order valence-electron chi connectivity index (χ3n) is 5.71. The summed E-state index contributed by atoms with van der Waals surface area (Å²) in [7, 11) is 3.22. The largest absolute Gasteiger partial charge is 0.465 e. The van der Waals surface area contributed by atoms with Crippen molar-refractivity contribution in [2.75, 3.05) is 19.4 Å². The zero-order chi connectivity index (χ0) is 27.8. The highest BCUT2D eigenvalue weighted by Crippen LogP contribution is 2.19. The molecule has 0 radical (unpaired) electrons. The molecule has 3 aromatic heterocycles. The molecule has 3 heterocycles. The monoisotopic (exact) mass is 523 g/mol. The molecule has 0 saturated carbocycles. The van der Waals surface area contributed by atoms with Gasteiger partial charge in [-0.05, 0) is 49.5 Å². The Morgan fingerprint density at radius 2 is 2.00 bits per heavy atom. The van der Waals surface area contributed by atoms with E-state index in [9.17, 15) is 19.2 Å². The molecule has 0 saturated heterocycles. The predicted octanol–water partition coefficient (Wildman–Crippen LogP) is 2.37. The van der Waals surface area contributed by atoms with Crippen molar-refractivity contribution in [3.63, 3.8) is 0 Å². The fraction of sp³-hybridized carbons (Fsp3) is 0.385. The van der Waals surface area contributed by atoms with Crippen molar-refractivity contribution in [2.24, 2.45) is 5.92 Å². The Morgan fingerprint density at radius 3 is 2.68 bits per heavy atom. The normalized spacial score (nSPS) is 12.1. The van der Waals surface area contributed by atoms with Gasteiger partial charge in [0, 0.05) is 26.0 Å². The lowest BCUT2D eigenvalue weighted by Crippen LogP contribution is -2.44. The number of nitrogens with one attached hydrogen (secondary N) is 3. The zero-order valence-corrected chi connectivity index (χ0v) is 21.9. The summed E-state index contributed by atoms with van der Waals surface area (Å²) < 4.78 is 1.44. The van der Waals surface area contributed by atoms with Gasteiger partial charge in [-0.15, -0.1) is 0 Å². The Kier molecular flexibility index (Phi) is 9.36. The minimum atomic E-state index is -1.37. The molecule has 0 aliphatic carbocycles. The fourth-order valence-electron chi connectivity index (χ4n) is 3.85. The highest BCUT2D eigenvalue weighted by atomic mass is 16.4. The summed E-state index contributed by atoms with van der Waals surface area (Å²) in [4.78, 5) is 62.2. The zero-order valence-electron chi connectivity index (χ0n) is 21.9. The van der Waals surface area contributed by atoms with Crippen molar-refractivity contribution in [1.82, 2.24) is 29.7 Å². The van der Waals surface area contributed by atoms with Crippen LogP contribution in [0.5, 0.6) is 0 Å². The average molecular weight is 524 g/mol. The van der Waals surface area contributed by atoms with Crippen LogP contribution in [-0.2, 0) is 22.6 Å². The third-order valence-corrected chi connectivity index (χ3v) is 5.71. The van der Waals surface area contributed by atoms with Crippen LogP contribution in [0.2, 0.25) is 0 Å². The maximum atomic E-state index is 13.1. The van der Waals surface area contributed by atoms with Crippen molar-refractivity contribution < 1.29 is 19.5 Å². The molecule has 12 heteroatoms. The van der Waals surface area contributed by atoms with Crippen molar-refractivity contribution >= 4 is 34.6 Å². The second-order valence-electron chi connectivity index (χ2n) is 9.53. The molecule has 12 nitrogen and oxygen atoms in total. The minimum absolute atomic E-state index is 0.0180. The van der Waals surface area contributed by atoms with E-state index < -0.39 is 23.6 Å². The number of amides is 3. The standard InChI is InChI=1S/C26H33N7O5/c1-16(2)12-20-23-21(28-15-27-20)13-17(29-23)14-33-11-7-9-19(25(33)36)30-24(35)18(31-26(37)38)8-5-6-10-22(34)32(3)4/h6-7,9-11,13,15-16,18,29,31H,5,8,12,14H2,1-4H3,(H,30,35)(H,37,38)/b10-6+/t18-/m0/s1. The number of aromatic amines is 1. The second kappa shape index (κ2) is 12.7. The Labute approximate surface area is 219 Å². The number of aromatic nitrogens is 4. The fourth-order valence-corrected chi connectivity index (χ4v) is 3.85. The minimum Gasteiger partial charge on any atom is -0.465 e. The number of pyridine rings is 1. The predicted molar refractivity (Wildman–Crippen MR) is 143 cm³/mol. The summed E-state index contributed by atoms with van der Waals surface area (Å²) >= 11 is 0. The number of carboxylic acid groups (broad SMARTS) is 1. The number of nitrogens with zero attached hydrogens (tertiary/aromatic N) is 4. The summed E-state index contributed by atoms with van der Waals surface area (Å²) in [5, 5.41) is 13.9. The molecule has 0 unspecified atom stereocenters. The molecule has 0 fully saturated rings. The Hall–Kier alpha value is -4.48. The lowest BCUT2D eigenvalue weighted by Gasteiger charge is -2.16. The molecule has 3 rings (SSSR count).